The summed E-state index contributed by atoms with van der Waals surface area (Å²) in [5.74, 6) is 0.753. The lowest BCUT2D eigenvalue weighted by atomic mass is 10.8. The van der Waals surface area contributed by atoms with Gasteiger partial charge in [-0.1, -0.05) is 0 Å². The summed E-state index contributed by atoms with van der Waals surface area (Å²) in [6, 6.07) is 0. The number of carbonyl (C=O) groups is 1. The fraction of sp³-hybridized carbons (Fsp3) is 0.750. The molecule has 8 heavy (non-hydrogen) atoms. The van der Waals surface area contributed by atoms with Gasteiger partial charge in [-0.2, -0.15) is 0 Å². The lowest BCUT2D eigenvalue weighted by Gasteiger charge is -1.95. The molecule has 0 spiro atoms. The van der Waals surface area contributed by atoms with E-state index in [4.69, 9.17) is 5.73 Å². The maximum atomic E-state index is 10.1. The molecule has 0 atom stereocenters. The highest BCUT2D eigenvalue weighted by atomic mass is 32.2. The predicted octanol–water partition coefficient (Wildman–Crippen LogP) is -0.271. The number of hydrogen-bond donors (Lipinski definition) is 2. The molecule has 0 heterocycles. The molecule has 0 aromatic rings. The predicted molar refractivity (Wildman–Crippen MR) is 35.3 cm³/mol. The van der Waals surface area contributed by atoms with Crippen molar-refractivity contribution < 1.29 is 4.79 Å². The topological polar surface area (TPSA) is 55.1 Å². The summed E-state index contributed by atoms with van der Waals surface area (Å²) in [6.45, 7) is 2.08. The first-order valence-electron chi connectivity index (χ1n) is 2.36. The molecule has 1 amide bonds. The second kappa shape index (κ2) is 4.93. The van der Waals surface area contributed by atoms with E-state index in [0.717, 1.165) is 5.75 Å². The van der Waals surface area contributed by atoms with Crippen LogP contribution in [-0.4, -0.2) is 18.2 Å². The highest BCUT2D eigenvalue weighted by Gasteiger charge is 1.86. The molecule has 0 bridgehead atoms. The van der Waals surface area contributed by atoms with Gasteiger partial charge in [0.1, 0.15) is 0 Å². The SMILES string of the molecule is CC(=O)NSCCN. The minimum Gasteiger partial charge on any atom is -0.330 e. The summed E-state index contributed by atoms with van der Waals surface area (Å²) in [5, 5.41) is 0. The Morgan fingerprint density at radius 1 is 1.88 bits per heavy atom. The lowest BCUT2D eigenvalue weighted by molar-refractivity contribution is -0.117. The molecule has 0 fully saturated rings. The van der Waals surface area contributed by atoms with E-state index in [9.17, 15) is 4.79 Å². The molecule has 4 heteroatoms. The van der Waals surface area contributed by atoms with Crippen LogP contribution in [-0.2, 0) is 4.79 Å². The molecule has 0 aliphatic rings. The molecular formula is C4H10N2OS. The molecule has 0 aromatic carbocycles. The first-order chi connectivity index (χ1) is 3.77. The largest absolute Gasteiger partial charge is 0.330 e. The molecule has 0 saturated carbocycles. The molecule has 3 N–H and O–H groups in total. The van der Waals surface area contributed by atoms with E-state index in [-0.39, 0.29) is 5.91 Å². The lowest BCUT2D eigenvalue weighted by Crippen LogP contribution is -2.14. The van der Waals surface area contributed by atoms with Gasteiger partial charge in [0, 0.05) is 19.2 Å². The average molecular weight is 134 g/mol. The van der Waals surface area contributed by atoms with Crippen LogP contribution in [0.2, 0.25) is 0 Å². The fourth-order valence-corrected chi connectivity index (χ4v) is 0.635. The van der Waals surface area contributed by atoms with Crippen LogP contribution in [0.5, 0.6) is 0 Å². The van der Waals surface area contributed by atoms with Gasteiger partial charge < -0.3 is 10.5 Å². The monoisotopic (exact) mass is 134 g/mol. The van der Waals surface area contributed by atoms with Crippen molar-refractivity contribution in [1.82, 2.24) is 4.72 Å². The number of nitrogens with one attached hydrogen (secondary N) is 1. The van der Waals surface area contributed by atoms with Crippen LogP contribution in [0.3, 0.4) is 0 Å². The van der Waals surface area contributed by atoms with Crippen LogP contribution in [0.4, 0.5) is 0 Å². The van der Waals surface area contributed by atoms with Gasteiger partial charge in [0.25, 0.3) is 0 Å². The first kappa shape index (κ1) is 7.78. The molecule has 0 aliphatic heterocycles. The Morgan fingerprint density at radius 3 is 2.88 bits per heavy atom. The van der Waals surface area contributed by atoms with Crippen LogP contribution in [0, 0.1) is 0 Å². The summed E-state index contributed by atoms with van der Waals surface area (Å²) in [4.78, 5) is 10.1. The van der Waals surface area contributed by atoms with Gasteiger partial charge in [-0.3, -0.25) is 4.79 Å². The summed E-state index contributed by atoms with van der Waals surface area (Å²) < 4.78 is 2.54. The Kier molecular flexibility index (Phi) is 4.79. The van der Waals surface area contributed by atoms with Crippen molar-refractivity contribution in [2.45, 2.75) is 6.92 Å². The zero-order valence-electron chi connectivity index (χ0n) is 4.81. The third-order valence-corrected chi connectivity index (χ3v) is 1.31. The van der Waals surface area contributed by atoms with Crippen molar-refractivity contribution in [3.63, 3.8) is 0 Å². The van der Waals surface area contributed by atoms with Gasteiger partial charge in [-0.15, -0.1) is 0 Å². The highest BCUT2D eigenvalue weighted by molar-refractivity contribution is 7.97. The van der Waals surface area contributed by atoms with Crippen LogP contribution in [0.15, 0.2) is 0 Å². The Labute approximate surface area is 53.1 Å². The van der Waals surface area contributed by atoms with E-state index < -0.39 is 0 Å². The molecule has 0 aromatic heterocycles. The molecule has 0 rings (SSSR count). The maximum Gasteiger partial charge on any atom is 0.226 e. The van der Waals surface area contributed by atoms with Gasteiger partial charge in [0.15, 0.2) is 0 Å². The van der Waals surface area contributed by atoms with Crippen molar-refractivity contribution in [2.24, 2.45) is 5.73 Å². The van der Waals surface area contributed by atoms with E-state index in [0.29, 0.717) is 6.54 Å². The maximum absolute atomic E-state index is 10.1. The van der Waals surface area contributed by atoms with E-state index in [1.165, 1.54) is 18.9 Å². The molecule has 48 valence electrons. The Bertz CT molecular complexity index is 76.4. The normalized spacial score (nSPS) is 8.75. The highest BCUT2D eigenvalue weighted by Crippen LogP contribution is 1.87. The van der Waals surface area contributed by atoms with Crippen molar-refractivity contribution in [3.8, 4) is 0 Å². The molecule has 3 nitrogen and oxygen atoms in total. The van der Waals surface area contributed by atoms with Crippen molar-refractivity contribution in [1.29, 1.82) is 0 Å². The molecule has 0 unspecified atom stereocenters. The van der Waals surface area contributed by atoms with Crippen molar-refractivity contribution in [3.05, 3.63) is 0 Å². The third-order valence-electron chi connectivity index (χ3n) is 0.436. The Morgan fingerprint density at radius 2 is 2.50 bits per heavy atom. The summed E-state index contributed by atoms with van der Waals surface area (Å²) >= 11 is 1.34. The van der Waals surface area contributed by atoms with E-state index >= 15 is 0 Å². The van der Waals surface area contributed by atoms with Gasteiger partial charge in [-0.25, -0.2) is 0 Å². The van der Waals surface area contributed by atoms with Crippen LogP contribution in [0.25, 0.3) is 0 Å². The van der Waals surface area contributed by atoms with E-state index in [1.807, 2.05) is 0 Å². The van der Waals surface area contributed by atoms with Gasteiger partial charge in [-0.05, 0) is 11.9 Å². The number of amides is 1. The average Bonchev–Trinajstić information content (AvgIpc) is 1.66. The number of hydrogen-bond acceptors (Lipinski definition) is 3. The first-order valence-corrected chi connectivity index (χ1v) is 3.34. The number of carbonyl (C=O) groups excluding carboxylic acids is 1. The molecule has 0 saturated heterocycles. The minimum atomic E-state index is -0.0246. The van der Waals surface area contributed by atoms with Gasteiger partial charge in [0.2, 0.25) is 5.91 Å². The van der Waals surface area contributed by atoms with E-state index in [2.05, 4.69) is 4.72 Å². The fourth-order valence-electron chi connectivity index (χ4n) is 0.212. The van der Waals surface area contributed by atoms with Crippen molar-refractivity contribution >= 4 is 17.9 Å². The van der Waals surface area contributed by atoms with Gasteiger partial charge >= 0.3 is 0 Å². The second-order valence-corrected chi connectivity index (χ2v) is 2.20. The number of rotatable bonds is 3. The summed E-state index contributed by atoms with van der Waals surface area (Å²) in [5.41, 5.74) is 5.14. The second-order valence-electron chi connectivity index (χ2n) is 1.30. The van der Waals surface area contributed by atoms with Crippen LogP contribution in [0.1, 0.15) is 6.92 Å². The summed E-state index contributed by atoms with van der Waals surface area (Å²) in [7, 11) is 0. The Hall–Kier alpha value is -0.220. The zero-order chi connectivity index (χ0) is 6.41. The third kappa shape index (κ3) is 5.78. The summed E-state index contributed by atoms with van der Waals surface area (Å²) in [6.07, 6.45) is 0. The van der Waals surface area contributed by atoms with Crippen LogP contribution >= 0.6 is 11.9 Å². The van der Waals surface area contributed by atoms with Gasteiger partial charge in [0.05, 0.1) is 0 Å². The smallest absolute Gasteiger partial charge is 0.226 e. The van der Waals surface area contributed by atoms with E-state index in [1.54, 1.807) is 0 Å². The molecule has 0 radical (unpaired) electrons. The standard InChI is InChI=1S/C4H10N2OS/c1-4(7)6-8-3-2-5/h2-3,5H2,1H3,(H,6,7). The quantitative estimate of drug-likeness (QED) is 0.412. The van der Waals surface area contributed by atoms with Crippen molar-refractivity contribution in [2.75, 3.05) is 12.3 Å². The van der Waals surface area contributed by atoms with Crippen LogP contribution < -0.4 is 10.5 Å². The number of nitrogens with two attached hydrogens (primary N) is 1. The molecular weight excluding hydrogens is 124 g/mol. The molecule has 0 aliphatic carbocycles. The zero-order valence-corrected chi connectivity index (χ0v) is 5.62. The minimum absolute atomic E-state index is 0.0246. The Balaban J connectivity index is 2.82.